The van der Waals surface area contributed by atoms with E-state index in [0.717, 1.165) is 48.2 Å². The molecule has 0 aromatic heterocycles. The lowest BCUT2D eigenvalue weighted by molar-refractivity contribution is -0.117. The van der Waals surface area contributed by atoms with Crippen molar-refractivity contribution in [1.82, 2.24) is 10.6 Å². The van der Waals surface area contributed by atoms with E-state index in [4.69, 9.17) is 0 Å². The fourth-order valence-electron chi connectivity index (χ4n) is 4.14. The standard InChI is InChI=1S/C23H27BrN4O2/c24-19-5-2-6-20(13-19)27-11-9-18(16-27)15-26-23(30)25-14-17-4-1-7-21(12-17)28-10-3-8-22(28)29/h1-2,4-7,12-13,18H,3,8-11,14-16H2,(H2,25,26,30). The number of nitrogens with one attached hydrogen (secondary N) is 2. The minimum absolute atomic E-state index is 0.154. The van der Waals surface area contributed by atoms with Crippen LogP contribution in [0.5, 0.6) is 0 Å². The van der Waals surface area contributed by atoms with E-state index in [1.54, 1.807) is 0 Å². The third-order valence-electron chi connectivity index (χ3n) is 5.76. The number of hydrogen-bond donors (Lipinski definition) is 2. The van der Waals surface area contributed by atoms with E-state index in [2.05, 4.69) is 43.6 Å². The number of carbonyl (C=O) groups excluding carboxylic acids is 2. The first-order valence-electron chi connectivity index (χ1n) is 10.5. The fourth-order valence-corrected chi connectivity index (χ4v) is 4.53. The summed E-state index contributed by atoms with van der Waals surface area (Å²) in [5.74, 6) is 0.616. The van der Waals surface area contributed by atoms with Crippen molar-refractivity contribution in [3.05, 3.63) is 58.6 Å². The Kier molecular flexibility index (Phi) is 6.57. The van der Waals surface area contributed by atoms with Crippen LogP contribution in [-0.4, -0.2) is 38.1 Å². The van der Waals surface area contributed by atoms with Gasteiger partial charge in [0.25, 0.3) is 0 Å². The zero-order valence-electron chi connectivity index (χ0n) is 16.9. The van der Waals surface area contributed by atoms with Gasteiger partial charge in [0, 0.05) is 55.0 Å². The summed E-state index contributed by atoms with van der Waals surface area (Å²) < 4.78 is 1.08. The quantitative estimate of drug-likeness (QED) is 0.672. The van der Waals surface area contributed by atoms with Gasteiger partial charge < -0.3 is 20.4 Å². The number of halogens is 1. The lowest BCUT2D eigenvalue weighted by Gasteiger charge is -2.19. The van der Waals surface area contributed by atoms with Crippen LogP contribution in [-0.2, 0) is 11.3 Å². The summed E-state index contributed by atoms with van der Waals surface area (Å²) in [4.78, 5) is 28.4. The highest BCUT2D eigenvalue weighted by atomic mass is 79.9. The molecule has 2 heterocycles. The van der Waals surface area contributed by atoms with E-state index in [1.807, 2.05) is 41.3 Å². The first-order valence-corrected chi connectivity index (χ1v) is 11.3. The molecule has 0 saturated carbocycles. The van der Waals surface area contributed by atoms with E-state index < -0.39 is 0 Å². The molecule has 6 nitrogen and oxygen atoms in total. The molecule has 0 bridgehead atoms. The average molecular weight is 471 g/mol. The Hall–Kier alpha value is -2.54. The predicted octanol–water partition coefficient (Wildman–Crippen LogP) is 3.90. The van der Waals surface area contributed by atoms with E-state index in [0.29, 0.717) is 25.4 Å². The largest absolute Gasteiger partial charge is 0.371 e. The number of nitrogens with zero attached hydrogens (tertiary/aromatic N) is 2. The molecule has 0 spiro atoms. The molecule has 2 N–H and O–H groups in total. The topological polar surface area (TPSA) is 64.7 Å². The Morgan fingerprint density at radius 3 is 2.70 bits per heavy atom. The second-order valence-electron chi connectivity index (χ2n) is 7.96. The Morgan fingerprint density at radius 2 is 1.90 bits per heavy atom. The maximum atomic E-state index is 12.3. The minimum Gasteiger partial charge on any atom is -0.371 e. The van der Waals surface area contributed by atoms with Crippen molar-refractivity contribution in [2.75, 3.05) is 36.0 Å². The van der Waals surface area contributed by atoms with E-state index in [-0.39, 0.29) is 11.9 Å². The molecule has 2 fully saturated rings. The molecule has 2 aliphatic heterocycles. The SMILES string of the molecule is O=C(NCc1cccc(N2CCCC2=O)c1)NCC1CCN(c2cccc(Br)c2)C1. The van der Waals surface area contributed by atoms with Gasteiger partial charge in [0.15, 0.2) is 0 Å². The van der Waals surface area contributed by atoms with Crippen molar-refractivity contribution in [1.29, 1.82) is 0 Å². The first kappa shape index (κ1) is 20.7. The van der Waals surface area contributed by atoms with E-state index >= 15 is 0 Å². The molecule has 0 radical (unpaired) electrons. The Morgan fingerprint density at radius 1 is 1.07 bits per heavy atom. The van der Waals surface area contributed by atoms with Crippen LogP contribution in [0.2, 0.25) is 0 Å². The number of urea groups is 1. The summed E-state index contributed by atoms with van der Waals surface area (Å²) in [6.07, 6.45) is 2.59. The van der Waals surface area contributed by atoms with Crippen LogP contribution < -0.4 is 20.4 Å². The molecular formula is C23H27BrN4O2. The number of benzene rings is 2. The normalized spacial score (nSPS) is 18.7. The molecule has 2 saturated heterocycles. The molecular weight excluding hydrogens is 444 g/mol. The van der Waals surface area contributed by atoms with Gasteiger partial charge in [0.05, 0.1) is 0 Å². The summed E-state index contributed by atoms with van der Waals surface area (Å²) in [6.45, 7) is 3.83. The van der Waals surface area contributed by atoms with Crippen molar-refractivity contribution in [2.45, 2.75) is 25.8 Å². The molecule has 3 amide bonds. The van der Waals surface area contributed by atoms with Gasteiger partial charge in [0.1, 0.15) is 0 Å². The summed E-state index contributed by atoms with van der Waals surface area (Å²) in [5, 5.41) is 5.93. The maximum Gasteiger partial charge on any atom is 0.315 e. The molecule has 4 rings (SSSR count). The van der Waals surface area contributed by atoms with Crippen molar-refractivity contribution >= 4 is 39.2 Å². The molecule has 2 aliphatic rings. The van der Waals surface area contributed by atoms with Crippen LogP contribution in [0.15, 0.2) is 53.0 Å². The zero-order valence-corrected chi connectivity index (χ0v) is 18.5. The number of anilines is 2. The van der Waals surface area contributed by atoms with Crippen LogP contribution in [0.4, 0.5) is 16.2 Å². The van der Waals surface area contributed by atoms with Crippen molar-refractivity contribution in [3.63, 3.8) is 0 Å². The molecule has 30 heavy (non-hydrogen) atoms. The van der Waals surface area contributed by atoms with Crippen LogP contribution >= 0.6 is 15.9 Å². The lowest BCUT2D eigenvalue weighted by atomic mass is 10.1. The predicted molar refractivity (Wildman–Crippen MR) is 123 cm³/mol. The highest BCUT2D eigenvalue weighted by Crippen LogP contribution is 2.26. The van der Waals surface area contributed by atoms with Gasteiger partial charge in [0.2, 0.25) is 5.91 Å². The third-order valence-corrected chi connectivity index (χ3v) is 6.25. The smallest absolute Gasteiger partial charge is 0.315 e. The zero-order chi connectivity index (χ0) is 20.9. The molecule has 2 aromatic rings. The number of amides is 3. The summed E-state index contributed by atoms with van der Waals surface area (Å²) >= 11 is 3.53. The number of rotatable bonds is 6. The second-order valence-corrected chi connectivity index (χ2v) is 8.88. The average Bonchev–Trinajstić information content (AvgIpc) is 3.40. The van der Waals surface area contributed by atoms with Gasteiger partial charge in [-0.3, -0.25) is 4.79 Å². The summed E-state index contributed by atoms with van der Waals surface area (Å²) in [5.41, 5.74) is 3.12. The highest BCUT2D eigenvalue weighted by Gasteiger charge is 2.23. The third kappa shape index (κ3) is 5.14. The van der Waals surface area contributed by atoms with Crippen LogP contribution in [0.1, 0.15) is 24.8 Å². The van der Waals surface area contributed by atoms with Gasteiger partial charge in [-0.2, -0.15) is 0 Å². The maximum absolute atomic E-state index is 12.3. The van der Waals surface area contributed by atoms with Gasteiger partial charge in [-0.25, -0.2) is 4.79 Å². The van der Waals surface area contributed by atoms with Crippen molar-refractivity contribution in [2.24, 2.45) is 5.92 Å². The fraction of sp³-hybridized carbons (Fsp3) is 0.391. The van der Waals surface area contributed by atoms with E-state index in [9.17, 15) is 9.59 Å². The first-order chi connectivity index (χ1) is 14.6. The highest BCUT2D eigenvalue weighted by molar-refractivity contribution is 9.10. The number of hydrogen-bond acceptors (Lipinski definition) is 3. The van der Waals surface area contributed by atoms with Gasteiger partial charge in [-0.05, 0) is 54.7 Å². The second kappa shape index (κ2) is 9.51. The Labute approximate surface area is 185 Å². The monoisotopic (exact) mass is 470 g/mol. The Bertz CT molecular complexity index is 920. The van der Waals surface area contributed by atoms with Crippen molar-refractivity contribution in [3.8, 4) is 0 Å². The van der Waals surface area contributed by atoms with Crippen LogP contribution in [0.25, 0.3) is 0 Å². The lowest BCUT2D eigenvalue weighted by Crippen LogP contribution is -2.38. The molecule has 2 aromatic carbocycles. The van der Waals surface area contributed by atoms with Crippen LogP contribution in [0, 0.1) is 5.92 Å². The molecule has 0 aliphatic carbocycles. The van der Waals surface area contributed by atoms with Gasteiger partial charge in [-0.15, -0.1) is 0 Å². The molecule has 1 unspecified atom stereocenters. The molecule has 1 atom stereocenters. The minimum atomic E-state index is -0.154. The summed E-state index contributed by atoms with van der Waals surface area (Å²) in [6, 6.07) is 16.0. The van der Waals surface area contributed by atoms with E-state index in [1.165, 1.54) is 5.69 Å². The van der Waals surface area contributed by atoms with Crippen LogP contribution in [0.3, 0.4) is 0 Å². The van der Waals surface area contributed by atoms with Crippen molar-refractivity contribution < 1.29 is 9.59 Å². The number of carbonyl (C=O) groups is 2. The molecule has 7 heteroatoms. The molecule has 158 valence electrons. The van der Waals surface area contributed by atoms with Gasteiger partial charge in [-0.1, -0.05) is 34.1 Å². The van der Waals surface area contributed by atoms with Gasteiger partial charge >= 0.3 is 6.03 Å². The Balaban J connectivity index is 1.22. The summed E-state index contributed by atoms with van der Waals surface area (Å²) in [7, 11) is 0.